The molecule has 1 N–H and O–H groups in total. The van der Waals surface area contributed by atoms with Crippen molar-refractivity contribution in [2.45, 2.75) is 19.6 Å². The van der Waals surface area contributed by atoms with Gasteiger partial charge in [0.2, 0.25) is 0 Å². The second kappa shape index (κ2) is 8.76. The van der Waals surface area contributed by atoms with E-state index in [0.29, 0.717) is 12.5 Å². The van der Waals surface area contributed by atoms with Gasteiger partial charge in [-0.2, -0.15) is 0 Å². The fourth-order valence-corrected chi connectivity index (χ4v) is 2.76. The van der Waals surface area contributed by atoms with E-state index in [-0.39, 0.29) is 0 Å². The van der Waals surface area contributed by atoms with Crippen molar-refractivity contribution in [2.75, 3.05) is 41.0 Å². The van der Waals surface area contributed by atoms with E-state index >= 15 is 0 Å². The molecule has 1 aromatic rings. The van der Waals surface area contributed by atoms with Crippen LogP contribution in [0.3, 0.4) is 0 Å². The molecular weight excluding hydrogens is 278 g/mol. The monoisotopic (exact) mass is 305 g/mol. The summed E-state index contributed by atoms with van der Waals surface area (Å²) in [5, 5.41) is 3.42. The van der Waals surface area contributed by atoms with Gasteiger partial charge in [-0.05, 0) is 17.5 Å². The van der Waals surface area contributed by atoms with E-state index in [0.717, 1.165) is 38.7 Å². The van der Waals surface area contributed by atoms with E-state index in [2.05, 4.69) is 46.5 Å². The van der Waals surface area contributed by atoms with Crippen molar-refractivity contribution in [3.8, 4) is 0 Å². The standard InChI is InChI=1S/C17H27N3O2/c1-18-17(20(2)11-16-7-8-22-13-16)19-10-14-5-4-6-15(9-14)12-21-3/h4-6,9,16H,7-8,10-13H2,1-3H3,(H,18,19). The van der Waals surface area contributed by atoms with Crippen LogP contribution in [0.5, 0.6) is 0 Å². The van der Waals surface area contributed by atoms with Crippen LogP contribution in [0.25, 0.3) is 0 Å². The Kier molecular flexibility index (Phi) is 6.68. The average Bonchev–Trinajstić information content (AvgIpc) is 3.01. The number of aliphatic imine (C=N–C) groups is 1. The summed E-state index contributed by atoms with van der Waals surface area (Å²) >= 11 is 0. The highest BCUT2D eigenvalue weighted by molar-refractivity contribution is 5.79. The highest BCUT2D eigenvalue weighted by atomic mass is 16.5. The predicted octanol–water partition coefficient (Wildman–Crippen LogP) is 1.88. The third-order valence-electron chi connectivity index (χ3n) is 3.88. The second-order valence-corrected chi connectivity index (χ2v) is 5.76. The van der Waals surface area contributed by atoms with Crippen LogP contribution < -0.4 is 5.32 Å². The average molecular weight is 305 g/mol. The highest BCUT2D eigenvalue weighted by Crippen LogP contribution is 2.13. The molecule has 0 spiro atoms. The molecule has 0 saturated carbocycles. The molecule has 0 aromatic heterocycles. The van der Waals surface area contributed by atoms with E-state index in [4.69, 9.17) is 9.47 Å². The molecule has 22 heavy (non-hydrogen) atoms. The Morgan fingerprint density at radius 1 is 1.45 bits per heavy atom. The third kappa shape index (κ3) is 5.00. The van der Waals surface area contributed by atoms with Crippen LogP contribution in [0, 0.1) is 5.92 Å². The van der Waals surface area contributed by atoms with Gasteiger partial charge in [0.25, 0.3) is 0 Å². The van der Waals surface area contributed by atoms with Crippen LogP contribution in [-0.2, 0) is 22.6 Å². The third-order valence-corrected chi connectivity index (χ3v) is 3.88. The smallest absolute Gasteiger partial charge is 0.193 e. The van der Waals surface area contributed by atoms with Gasteiger partial charge in [-0.3, -0.25) is 4.99 Å². The Balaban J connectivity index is 1.86. The molecule has 0 radical (unpaired) electrons. The van der Waals surface area contributed by atoms with E-state index < -0.39 is 0 Å². The van der Waals surface area contributed by atoms with Crippen molar-refractivity contribution in [2.24, 2.45) is 10.9 Å². The second-order valence-electron chi connectivity index (χ2n) is 5.76. The molecule has 0 aliphatic carbocycles. The molecule has 0 bridgehead atoms. The minimum atomic E-state index is 0.605. The van der Waals surface area contributed by atoms with Crippen molar-refractivity contribution in [3.63, 3.8) is 0 Å². The number of benzene rings is 1. The lowest BCUT2D eigenvalue weighted by Gasteiger charge is -2.24. The van der Waals surface area contributed by atoms with Crippen molar-refractivity contribution >= 4 is 5.96 Å². The Bertz CT molecular complexity index is 485. The SMILES string of the molecule is CN=C(NCc1cccc(COC)c1)N(C)CC1CCOC1. The number of methoxy groups -OCH3 is 1. The maximum Gasteiger partial charge on any atom is 0.193 e. The molecule has 1 fully saturated rings. The van der Waals surface area contributed by atoms with E-state index in [1.54, 1.807) is 7.11 Å². The van der Waals surface area contributed by atoms with E-state index in [1.807, 2.05) is 7.05 Å². The number of ether oxygens (including phenoxy) is 2. The zero-order chi connectivity index (χ0) is 15.8. The number of hydrogen-bond acceptors (Lipinski definition) is 3. The molecule has 2 rings (SSSR count). The first-order chi connectivity index (χ1) is 10.7. The molecule has 5 heteroatoms. The Morgan fingerprint density at radius 2 is 2.27 bits per heavy atom. The van der Waals surface area contributed by atoms with Crippen LogP contribution in [0.4, 0.5) is 0 Å². The van der Waals surface area contributed by atoms with Crippen LogP contribution in [0.1, 0.15) is 17.5 Å². The summed E-state index contributed by atoms with van der Waals surface area (Å²) in [6, 6.07) is 8.42. The molecule has 0 amide bonds. The van der Waals surface area contributed by atoms with Crippen LogP contribution in [0.15, 0.2) is 29.3 Å². The molecule has 5 nitrogen and oxygen atoms in total. The quantitative estimate of drug-likeness (QED) is 0.644. The van der Waals surface area contributed by atoms with Gasteiger partial charge in [0.1, 0.15) is 0 Å². The van der Waals surface area contributed by atoms with Gasteiger partial charge in [0, 0.05) is 46.8 Å². The van der Waals surface area contributed by atoms with Gasteiger partial charge >= 0.3 is 0 Å². The lowest BCUT2D eigenvalue weighted by Crippen LogP contribution is -2.41. The van der Waals surface area contributed by atoms with Crippen molar-refractivity contribution in [1.29, 1.82) is 0 Å². The number of nitrogens with zero attached hydrogens (tertiary/aromatic N) is 2. The van der Waals surface area contributed by atoms with Crippen molar-refractivity contribution in [3.05, 3.63) is 35.4 Å². The van der Waals surface area contributed by atoms with Gasteiger partial charge in [-0.25, -0.2) is 0 Å². The Labute approximate surface area is 133 Å². The zero-order valence-electron chi connectivity index (χ0n) is 13.8. The van der Waals surface area contributed by atoms with Gasteiger partial charge in [0.05, 0.1) is 13.2 Å². The molecule has 1 aliphatic heterocycles. The molecule has 1 atom stereocenters. The van der Waals surface area contributed by atoms with Crippen molar-refractivity contribution in [1.82, 2.24) is 10.2 Å². The Morgan fingerprint density at radius 3 is 2.95 bits per heavy atom. The maximum atomic E-state index is 5.44. The van der Waals surface area contributed by atoms with Gasteiger partial charge in [-0.15, -0.1) is 0 Å². The summed E-state index contributed by atoms with van der Waals surface area (Å²) in [5.41, 5.74) is 2.42. The first kappa shape index (κ1) is 16.8. The molecular formula is C17H27N3O2. The topological polar surface area (TPSA) is 46.1 Å². The lowest BCUT2D eigenvalue weighted by molar-refractivity contribution is 0.181. The fourth-order valence-electron chi connectivity index (χ4n) is 2.76. The highest BCUT2D eigenvalue weighted by Gasteiger charge is 2.18. The largest absolute Gasteiger partial charge is 0.381 e. The summed E-state index contributed by atoms with van der Waals surface area (Å²) in [5.74, 6) is 1.53. The minimum Gasteiger partial charge on any atom is -0.381 e. The van der Waals surface area contributed by atoms with Crippen LogP contribution in [-0.4, -0.2) is 51.8 Å². The first-order valence-electron chi connectivity index (χ1n) is 7.79. The molecule has 1 heterocycles. The first-order valence-corrected chi connectivity index (χ1v) is 7.79. The summed E-state index contributed by atoms with van der Waals surface area (Å²) in [7, 11) is 5.62. The summed E-state index contributed by atoms with van der Waals surface area (Å²) < 4.78 is 10.6. The van der Waals surface area contributed by atoms with Gasteiger partial charge in [0.15, 0.2) is 5.96 Å². The summed E-state index contributed by atoms with van der Waals surface area (Å²) in [6.07, 6.45) is 1.14. The van der Waals surface area contributed by atoms with Crippen LogP contribution >= 0.6 is 0 Å². The summed E-state index contributed by atoms with van der Waals surface area (Å²) in [6.45, 7) is 4.13. The predicted molar refractivity (Wildman–Crippen MR) is 88.9 cm³/mol. The molecule has 1 unspecified atom stereocenters. The lowest BCUT2D eigenvalue weighted by atomic mass is 10.1. The Hall–Kier alpha value is -1.59. The van der Waals surface area contributed by atoms with E-state index in [1.165, 1.54) is 11.1 Å². The van der Waals surface area contributed by atoms with Crippen LogP contribution in [0.2, 0.25) is 0 Å². The summed E-state index contributed by atoms with van der Waals surface area (Å²) in [4.78, 5) is 6.55. The zero-order valence-corrected chi connectivity index (χ0v) is 13.8. The fraction of sp³-hybridized carbons (Fsp3) is 0.588. The normalized spacial score (nSPS) is 18.5. The van der Waals surface area contributed by atoms with Gasteiger partial charge < -0.3 is 19.7 Å². The number of hydrogen-bond donors (Lipinski definition) is 1. The van der Waals surface area contributed by atoms with Crippen molar-refractivity contribution < 1.29 is 9.47 Å². The number of rotatable bonds is 6. The molecule has 1 saturated heterocycles. The number of guanidine groups is 1. The van der Waals surface area contributed by atoms with E-state index in [9.17, 15) is 0 Å². The maximum absolute atomic E-state index is 5.44. The molecule has 122 valence electrons. The minimum absolute atomic E-state index is 0.605. The molecule has 1 aromatic carbocycles. The number of nitrogens with one attached hydrogen (secondary N) is 1. The van der Waals surface area contributed by atoms with Gasteiger partial charge in [-0.1, -0.05) is 24.3 Å². The molecule has 1 aliphatic rings.